The molecule has 0 amide bonds. The SMILES string of the molecule is C=C(Cl)CS(=O)(=O)c1ncn[nH]1. The minimum Gasteiger partial charge on any atom is -0.250 e. The molecule has 1 aromatic rings. The molecule has 0 aliphatic rings. The molecule has 0 unspecified atom stereocenters. The Morgan fingerprint density at radius 3 is 2.83 bits per heavy atom. The topological polar surface area (TPSA) is 75.7 Å². The van der Waals surface area contributed by atoms with Gasteiger partial charge in [0, 0.05) is 5.03 Å². The zero-order chi connectivity index (χ0) is 9.19. The Labute approximate surface area is 74.4 Å². The Balaban J connectivity index is 2.96. The molecule has 5 nitrogen and oxygen atoms in total. The van der Waals surface area contributed by atoms with Crippen LogP contribution in [0, 0.1) is 0 Å². The number of aromatic amines is 1. The van der Waals surface area contributed by atoms with Crippen molar-refractivity contribution in [1.82, 2.24) is 15.2 Å². The van der Waals surface area contributed by atoms with Crippen molar-refractivity contribution in [3.05, 3.63) is 17.9 Å². The fourth-order valence-corrected chi connectivity index (χ4v) is 2.00. The molecule has 1 aromatic heterocycles. The number of nitrogens with one attached hydrogen (secondary N) is 1. The van der Waals surface area contributed by atoms with Gasteiger partial charge in [0.25, 0.3) is 0 Å². The molecule has 0 aliphatic carbocycles. The van der Waals surface area contributed by atoms with E-state index in [-0.39, 0.29) is 15.9 Å². The highest BCUT2D eigenvalue weighted by Crippen LogP contribution is 2.08. The molecular weight excluding hydrogens is 202 g/mol. The summed E-state index contributed by atoms with van der Waals surface area (Å²) in [6.45, 7) is 3.27. The largest absolute Gasteiger partial charge is 0.250 e. The Morgan fingerprint density at radius 2 is 2.42 bits per heavy atom. The van der Waals surface area contributed by atoms with E-state index in [1.54, 1.807) is 0 Å². The molecule has 1 heterocycles. The average Bonchev–Trinajstić information content (AvgIpc) is 2.32. The van der Waals surface area contributed by atoms with Crippen LogP contribution in [-0.2, 0) is 9.84 Å². The van der Waals surface area contributed by atoms with E-state index in [4.69, 9.17) is 11.6 Å². The second kappa shape index (κ2) is 3.24. The van der Waals surface area contributed by atoms with E-state index in [9.17, 15) is 8.42 Å². The number of nitrogens with zero attached hydrogens (tertiary/aromatic N) is 2. The van der Waals surface area contributed by atoms with Crippen LogP contribution in [0.2, 0.25) is 0 Å². The van der Waals surface area contributed by atoms with Crippen molar-refractivity contribution in [2.45, 2.75) is 5.16 Å². The molecule has 0 atom stereocenters. The van der Waals surface area contributed by atoms with Crippen LogP contribution in [0.3, 0.4) is 0 Å². The highest BCUT2D eigenvalue weighted by atomic mass is 35.5. The molecule has 0 saturated heterocycles. The summed E-state index contributed by atoms with van der Waals surface area (Å²) in [6, 6.07) is 0. The first-order chi connectivity index (χ1) is 5.52. The van der Waals surface area contributed by atoms with Crippen LogP contribution in [0.4, 0.5) is 0 Å². The van der Waals surface area contributed by atoms with Crippen LogP contribution >= 0.6 is 11.6 Å². The van der Waals surface area contributed by atoms with Crippen LogP contribution in [0.1, 0.15) is 0 Å². The van der Waals surface area contributed by atoms with Crippen molar-refractivity contribution in [2.75, 3.05) is 5.75 Å². The molecule has 0 saturated carbocycles. The highest BCUT2D eigenvalue weighted by molar-refractivity contribution is 7.91. The fraction of sp³-hybridized carbons (Fsp3) is 0.200. The number of hydrogen-bond donors (Lipinski definition) is 1. The standard InChI is InChI=1S/C5H6ClN3O2S/c1-4(6)2-12(10,11)5-7-3-8-9-5/h3H,1-2H2,(H,7,8,9). The lowest BCUT2D eigenvalue weighted by Gasteiger charge is -1.96. The quantitative estimate of drug-likeness (QED) is 0.775. The summed E-state index contributed by atoms with van der Waals surface area (Å²) in [7, 11) is -3.48. The monoisotopic (exact) mass is 207 g/mol. The lowest BCUT2D eigenvalue weighted by atomic mass is 10.7. The molecule has 1 N–H and O–H groups in total. The molecule has 0 aliphatic heterocycles. The van der Waals surface area contributed by atoms with Gasteiger partial charge < -0.3 is 0 Å². The van der Waals surface area contributed by atoms with Gasteiger partial charge in [-0.05, 0) is 0 Å². The Bertz CT molecular complexity index is 369. The molecule has 7 heteroatoms. The number of aromatic nitrogens is 3. The van der Waals surface area contributed by atoms with Gasteiger partial charge in [0.15, 0.2) is 0 Å². The van der Waals surface area contributed by atoms with Gasteiger partial charge in [-0.1, -0.05) is 18.2 Å². The second-order valence-electron chi connectivity index (χ2n) is 2.07. The third-order valence-electron chi connectivity index (χ3n) is 1.03. The van der Waals surface area contributed by atoms with Gasteiger partial charge in [-0.15, -0.1) is 0 Å². The summed E-state index contributed by atoms with van der Waals surface area (Å²) in [5, 5.41) is 5.50. The molecule has 0 aromatic carbocycles. The second-order valence-corrected chi connectivity index (χ2v) is 4.51. The van der Waals surface area contributed by atoms with Gasteiger partial charge >= 0.3 is 0 Å². The van der Waals surface area contributed by atoms with E-state index < -0.39 is 9.84 Å². The van der Waals surface area contributed by atoms with Crippen LogP contribution in [-0.4, -0.2) is 29.4 Å². The molecular formula is C5H6ClN3O2S. The lowest BCUT2D eigenvalue weighted by Crippen LogP contribution is -2.08. The molecule has 0 radical (unpaired) electrons. The Kier molecular flexibility index (Phi) is 2.49. The number of hydrogen-bond acceptors (Lipinski definition) is 4. The van der Waals surface area contributed by atoms with Crippen molar-refractivity contribution >= 4 is 21.4 Å². The van der Waals surface area contributed by atoms with Gasteiger partial charge in [-0.2, -0.15) is 5.10 Å². The summed E-state index contributed by atoms with van der Waals surface area (Å²) in [4.78, 5) is 3.49. The first kappa shape index (κ1) is 9.21. The number of rotatable bonds is 3. The van der Waals surface area contributed by atoms with Crippen LogP contribution in [0.25, 0.3) is 0 Å². The smallest absolute Gasteiger partial charge is 0.243 e. The maximum absolute atomic E-state index is 11.2. The summed E-state index contributed by atoms with van der Waals surface area (Å²) in [5.41, 5.74) is 0. The summed E-state index contributed by atoms with van der Waals surface area (Å²) >= 11 is 5.34. The Morgan fingerprint density at radius 1 is 1.75 bits per heavy atom. The van der Waals surface area contributed by atoms with Gasteiger partial charge in [-0.3, -0.25) is 5.10 Å². The molecule has 1 rings (SSSR count). The van der Waals surface area contributed by atoms with Gasteiger partial charge in [0.05, 0.1) is 5.75 Å². The highest BCUT2D eigenvalue weighted by Gasteiger charge is 2.17. The summed E-state index contributed by atoms with van der Waals surface area (Å²) in [5.74, 6) is -0.330. The van der Waals surface area contributed by atoms with Crippen LogP contribution < -0.4 is 0 Å². The maximum Gasteiger partial charge on any atom is 0.243 e. The van der Waals surface area contributed by atoms with E-state index in [0.717, 1.165) is 6.33 Å². The molecule has 0 spiro atoms. The maximum atomic E-state index is 11.2. The van der Waals surface area contributed by atoms with E-state index >= 15 is 0 Å². The normalized spacial score (nSPS) is 11.4. The van der Waals surface area contributed by atoms with Gasteiger partial charge in [-0.25, -0.2) is 13.4 Å². The molecule has 0 bridgehead atoms. The Hall–Kier alpha value is -0.880. The minimum atomic E-state index is -3.48. The van der Waals surface area contributed by atoms with Crippen molar-refractivity contribution in [1.29, 1.82) is 0 Å². The average molecular weight is 208 g/mol. The predicted molar refractivity (Wildman–Crippen MR) is 43.4 cm³/mol. The zero-order valence-corrected chi connectivity index (χ0v) is 7.56. The third-order valence-corrected chi connectivity index (χ3v) is 2.84. The number of halogens is 1. The van der Waals surface area contributed by atoms with E-state index in [2.05, 4.69) is 21.8 Å². The number of H-pyrrole nitrogens is 1. The van der Waals surface area contributed by atoms with E-state index in [0.29, 0.717) is 0 Å². The van der Waals surface area contributed by atoms with Crippen molar-refractivity contribution in [3.63, 3.8) is 0 Å². The lowest BCUT2D eigenvalue weighted by molar-refractivity contribution is 0.590. The molecule has 66 valence electrons. The van der Waals surface area contributed by atoms with E-state index in [1.807, 2.05) is 0 Å². The predicted octanol–water partition coefficient (Wildman–Crippen LogP) is 0.331. The van der Waals surface area contributed by atoms with Gasteiger partial charge in [0.2, 0.25) is 15.0 Å². The zero-order valence-electron chi connectivity index (χ0n) is 5.99. The number of sulfone groups is 1. The summed E-state index contributed by atoms with van der Waals surface area (Å²) < 4.78 is 22.4. The summed E-state index contributed by atoms with van der Waals surface area (Å²) in [6.07, 6.45) is 1.11. The minimum absolute atomic E-state index is 0.0476. The third kappa shape index (κ3) is 2.05. The van der Waals surface area contributed by atoms with Crippen LogP contribution in [0.5, 0.6) is 0 Å². The van der Waals surface area contributed by atoms with Crippen molar-refractivity contribution in [3.8, 4) is 0 Å². The van der Waals surface area contributed by atoms with Crippen molar-refractivity contribution < 1.29 is 8.42 Å². The van der Waals surface area contributed by atoms with Crippen LogP contribution in [0.15, 0.2) is 23.1 Å². The molecule has 12 heavy (non-hydrogen) atoms. The van der Waals surface area contributed by atoms with Gasteiger partial charge in [0.1, 0.15) is 6.33 Å². The van der Waals surface area contributed by atoms with E-state index in [1.165, 1.54) is 0 Å². The fourth-order valence-electron chi connectivity index (χ4n) is 0.619. The first-order valence-electron chi connectivity index (χ1n) is 2.94. The van der Waals surface area contributed by atoms with Crippen molar-refractivity contribution in [2.24, 2.45) is 0 Å². The first-order valence-corrected chi connectivity index (χ1v) is 4.97. The molecule has 0 fully saturated rings.